The minimum Gasteiger partial charge on any atom is -0.496 e. The van der Waals surface area contributed by atoms with Crippen LogP contribution in [-0.4, -0.2) is 37.4 Å². The van der Waals surface area contributed by atoms with Gasteiger partial charge in [-0.2, -0.15) is 0 Å². The predicted octanol–water partition coefficient (Wildman–Crippen LogP) is 4.29. The number of nitrogen functional groups attached to an aromatic ring is 1. The van der Waals surface area contributed by atoms with Crippen molar-refractivity contribution in [1.29, 1.82) is 0 Å². The highest BCUT2D eigenvalue weighted by atomic mass is 35.5. The summed E-state index contributed by atoms with van der Waals surface area (Å²) in [6, 6.07) is 3.71. The normalized spacial score (nSPS) is 16.1. The third kappa shape index (κ3) is 5.28. The highest BCUT2D eigenvalue weighted by Gasteiger charge is 2.10. The van der Waals surface area contributed by atoms with E-state index < -0.39 is 0 Å². The lowest BCUT2D eigenvalue weighted by atomic mass is 10.1. The molecule has 1 aliphatic rings. The van der Waals surface area contributed by atoms with Crippen molar-refractivity contribution in [2.45, 2.75) is 37.0 Å². The lowest BCUT2D eigenvalue weighted by Gasteiger charge is -2.26. The lowest BCUT2D eigenvalue weighted by Crippen LogP contribution is -2.30. The maximum absolute atomic E-state index is 6.08. The van der Waals surface area contributed by atoms with Crippen LogP contribution in [0, 0.1) is 0 Å². The Morgan fingerprint density at radius 3 is 2.71 bits per heavy atom. The van der Waals surface area contributed by atoms with E-state index in [0.717, 1.165) is 16.4 Å². The van der Waals surface area contributed by atoms with Gasteiger partial charge < -0.3 is 15.4 Å². The molecule has 0 spiro atoms. The van der Waals surface area contributed by atoms with Gasteiger partial charge in [0.15, 0.2) is 0 Å². The number of unbranched alkanes of at least 4 members (excludes halogenated alkanes) is 1. The first-order valence-corrected chi connectivity index (χ1v) is 9.05. The van der Waals surface area contributed by atoms with Crippen molar-refractivity contribution in [1.82, 2.24) is 4.90 Å². The Morgan fingerprint density at radius 2 is 2.00 bits per heavy atom. The Balaban J connectivity index is 1.71. The molecule has 1 saturated heterocycles. The van der Waals surface area contributed by atoms with Crippen LogP contribution in [0.5, 0.6) is 5.75 Å². The van der Waals surface area contributed by atoms with Gasteiger partial charge >= 0.3 is 0 Å². The Kier molecular flexibility index (Phi) is 7.00. The number of halogens is 1. The quantitative estimate of drug-likeness (QED) is 0.460. The molecule has 1 heterocycles. The van der Waals surface area contributed by atoms with E-state index >= 15 is 0 Å². The molecule has 3 nitrogen and oxygen atoms in total. The first kappa shape index (κ1) is 16.8. The van der Waals surface area contributed by atoms with E-state index in [1.165, 1.54) is 51.7 Å². The highest BCUT2D eigenvalue weighted by Crippen LogP contribution is 2.35. The lowest BCUT2D eigenvalue weighted by molar-refractivity contribution is 0.226. The predicted molar refractivity (Wildman–Crippen MR) is 92.7 cm³/mol. The smallest absolute Gasteiger partial charge is 0.134 e. The van der Waals surface area contributed by atoms with Crippen molar-refractivity contribution >= 4 is 29.1 Å². The number of ether oxygens (including phenoxy) is 1. The summed E-state index contributed by atoms with van der Waals surface area (Å²) in [5, 5.41) is 0.603. The number of piperidine rings is 1. The molecule has 0 atom stereocenters. The van der Waals surface area contributed by atoms with E-state index in [9.17, 15) is 0 Å². The third-order valence-corrected chi connectivity index (χ3v) is 5.31. The third-order valence-electron chi connectivity index (χ3n) is 3.86. The maximum atomic E-state index is 6.08. The first-order valence-electron chi connectivity index (χ1n) is 7.69. The number of methoxy groups -OCH3 is 1. The van der Waals surface area contributed by atoms with Crippen molar-refractivity contribution in [3.05, 3.63) is 17.2 Å². The first-order chi connectivity index (χ1) is 10.2. The summed E-state index contributed by atoms with van der Waals surface area (Å²) >= 11 is 7.88. The molecule has 1 aliphatic heterocycles. The SMILES string of the molecule is COc1cc(N)c(Cl)cc1SCCCCN1CCCCC1. The molecule has 0 unspecified atom stereocenters. The second-order valence-electron chi connectivity index (χ2n) is 5.48. The Bertz CT molecular complexity index is 450. The van der Waals surface area contributed by atoms with E-state index in [0.29, 0.717) is 10.7 Å². The number of hydrogen-bond acceptors (Lipinski definition) is 4. The largest absolute Gasteiger partial charge is 0.496 e. The van der Waals surface area contributed by atoms with Gasteiger partial charge in [0.1, 0.15) is 5.75 Å². The topological polar surface area (TPSA) is 38.5 Å². The van der Waals surface area contributed by atoms with Gasteiger partial charge in [-0.25, -0.2) is 0 Å². The van der Waals surface area contributed by atoms with Crippen molar-refractivity contribution in [2.75, 3.05) is 38.2 Å². The van der Waals surface area contributed by atoms with E-state index in [1.807, 2.05) is 6.07 Å². The molecule has 0 bridgehead atoms. The Labute approximate surface area is 137 Å². The van der Waals surface area contributed by atoms with Gasteiger partial charge in [0.25, 0.3) is 0 Å². The van der Waals surface area contributed by atoms with E-state index in [2.05, 4.69) is 4.90 Å². The fourth-order valence-electron chi connectivity index (χ4n) is 2.63. The van der Waals surface area contributed by atoms with Crippen LogP contribution in [0.25, 0.3) is 0 Å². The molecule has 0 aliphatic carbocycles. The van der Waals surface area contributed by atoms with Crippen molar-refractivity contribution < 1.29 is 4.74 Å². The maximum Gasteiger partial charge on any atom is 0.134 e. The average molecular weight is 329 g/mol. The molecule has 5 heteroatoms. The minimum absolute atomic E-state index is 0.572. The summed E-state index contributed by atoms with van der Waals surface area (Å²) in [7, 11) is 1.67. The molecule has 0 saturated carbocycles. The molecule has 0 amide bonds. The number of anilines is 1. The van der Waals surface area contributed by atoms with Gasteiger partial charge in [-0.05, 0) is 57.1 Å². The number of hydrogen-bond donors (Lipinski definition) is 1. The Hall–Kier alpha value is -0.580. The monoisotopic (exact) mass is 328 g/mol. The number of likely N-dealkylation sites (tertiary alicyclic amines) is 1. The highest BCUT2D eigenvalue weighted by molar-refractivity contribution is 7.99. The summed E-state index contributed by atoms with van der Waals surface area (Å²) in [6.07, 6.45) is 6.63. The van der Waals surface area contributed by atoms with E-state index in [-0.39, 0.29) is 0 Å². The van der Waals surface area contributed by atoms with Gasteiger partial charge in [-0.1, -0.05) is 18.0 Å². The van der Waals surface area contributed by atoms with Crippen LogP contribution in [0.4, 0.5) is 5.69 Å². The average Bonchev–Trinajstić information content (AvgIpc) is 2.51. The van der Waals surface area contributed by atoms with Crippen LogP contribution < -0.4 is 10.5 Å². The minimum atomic E-state index is 0.572. The zero-order valence-corrected chi connectivity index (χ0v) is 14.3. The number of nitrogens with zero attached hydrogens (tertiary/aromatic N) is 1. The van der Waals surface area contributed by atoms with Crippen molar-refractivity contribution in [2.24, 2.45) is 0 Å². The molecule has 1 aromatic carbocycles. The van der Waals surface area contributed by atoms with Gasteiger partial charge in [0.2, 0.25) is 0 Å². The van der Waals surface area contributed by atoms with Gasteiger partial charge in [0.05, 0.1) is 22.7 Å². The van der Waals surface area contributed by atoms with Crippen LogP contribution in [0.15, 0.2) is 17.0 Å². The van der Waals surface area contributed by atoms with Crippen LogP contribution in [0.1, 0.15) is 32.1 Å². The second kappa shape index (κ2) is 8.76. The fourth-order valence-corrected chi connectivity index (χ4v) is 3.91. The summed E-state index contributed by atoms with van der Waals surface area (Å²) in [5.41, 5.74) is 6.37. The summed E-state index contributed by atoms with van der Waals surface area (Å²) in [5.74, 6) is 1.91. The molecule has 0 radical (unpaired) electrons. The van der Waals surface area contributed by atoms with Crippen molar-refractivity contribution in [3.63, 3.8) is 0 Å². The van der Waals surface area contributed by atoms with Crippen LogP contribution >= 0.6 is 23.4 Å². The summed E-state index contributed by atoms with van der Waals surface area (Å²) in [6.45, 7) is 3.81. The number of benzene rings is 1. The number of rotatable bonds is 7. The molecular weight excluding hydrogens is 304 g/mol. The fraction of sp³-hybridized carbons (Fsp3) is 0.625. The Morgan fingerprint density at radius 1 is 1.24 bits per heavy atom. The molecule has 21 heavy (non-hydrogen) atoms. The van der Waals surface area contributed by atoms with Gasteiger partial charge in [-0.3, -0.25) is 0 Å². The van der Waals surface area contributed by atoms with Gasteiger partial charge in [0, 0.05) is 6.07 Å². The van der Waals surface area contributed by atoms with Gasteiger partial charge in [-0.15, -0.1) is 11.8 Å². The molecule has 2 N–H and O–H groups in total. The molecule has 0 aromatic heterocycles. The van der Waals surface area contributed by atoms with E-state index in [4.69, 9.17) is 22.1 Å². The molecular formula is C16H25ClN2OS. The summed E-state index contributed by atoms with van der Waals surface area (Å²) < 4.78 is 5.37. The molecule has 1 aromatic rings. The zero-order valence-electron chi connectivity index (χ0n) is 12.7. The molecule has 118 valence electrons. The van der Waals surface area contributed by atoms with E-state index in [1.54, 1.807) is 24.9 Å². The van der Waals surface area contributed by atoms with Crippen LogP contribution in [-0.2, 0) is 0 Å². The van der Waals surface area contributed by atoms with Crippen LogP contribution in [0.3, 0.4) is 0 Å². The number of thioether (sulfide) groups is 1. The molecule has 1 fully saturated rings. The zero-order chi connectivity index (χ0) is 15.1. The number of nitrogens with two attached hydrogens (primary N) is 1. The molecule has 2 rings (SSSR count). The van der Waals surface area contributed by atoms with Crippen LogP contribution in [0.2, 0.25) is 5.02 Å². The summed E-state index contributed by atoms with van der Waals surface area (Å²) in [4.78, 5) is 3.67. The van der Waals surface area contributed by atoms with Crippen molar-refractivity contribution in [3.8, 4) is 5.75 Å². The standard InChI is InChI=1S/C16H25ClN2OS/c1-20-15-12-14(18)13(17)11-16(15)21-10-6-5-9-19-7-3-2-4-8-19/h11-12H,2-10,18H2,1H3. The second-order valence-corrected chi connectivity index (χ2v) is 7.03.